The summed E-state index contributed by atoms with van der Waals surface area (Å²) in [5.74, 6) is 0.911. The highest BCUT2D eigenvalue weighted by Crippen LogP contribution is 2.29. The first-order valence-electron chi connectivity index (χ1n) is 9.57. The number of nitrogens with one attached hydrogen (secondary N) is 1. The second-order valence-electron chi connectivity index (χ2n) is 6.70. The molecule has 0 spiro atoms. The number of benzene rings is 2. The third-order valence-corrected chi connectivity index (χ3v) is 5.74. The van der Waals surface area contributed by atoms with Crippen LogP contribution in [-0.4, -0.2) is 55.1 Å². The van der Waals surface area contributed by atoms with E-state index in [9.17, 15) is 4.79 Å². The fourth-order valence-electron chi connectivity index (χ4n) is 3.43. The lowest BCUT2D eigenvalue weighted by atomic mass is 10.2. The number of hydrogen-bond acceptors (Lipinski definition) is 6. The van der Waals surface area contributed by atoms with Gasteiger partial charge in [-0.1, -0.05) is 35.6 Å². The molecule has 0 aliphatic carbocycles. The Labute approximate surface area is 168 Å². The monoisotopic (exact) mass is 396 g/mol. The van der Waals surface area contributed by atoms with Crippen molar-refractivity contribution in [2.24, 2.45) is 0 Å². The zero-order chi connectivity index (χ0) is 19.3. The van der Waals surface area contributed by atoms with Gasteiger partial charge in [-0.2, -0.15) is 0 Å². The van der Waals surface area contributed by atoms with E-state index in [4.69, 9.17) is 4.74 Å². The number of piperazine rings is 1. The van der Waals surface area contributed by atoms with E-state index in [-0.39, 0.29) is 5.91 Å². The first-order valence-corrected chi connectivity index (χ1v) is 10.4. The maximum atomic E-state index is 12.4. The van der Waals surface area contributed by atoms with Crippen LogP contribution in [-0.2, 0) is 4.79 Å². The molecule has 1 aromatic heterocycles. The van der Waals surface area contributed by atoms with Crippen LogP contribution in [0.1, 0.15) is 6.92 Å². The van der Waals surface area contributed by atoms with Crippen molar-refractivity contribution in [1.82, 2.24) is 9.88 Å². The lowest BCUT2D eigenvalue weighted by molar-refractivity contribution is -0.117. The molecule has 2 heterocycles. The molecule has 0 unspecified atom stereocenters. The molecule has 7 heteroatoms. The SMILES string of the molecule is CCOc1ccccc1N1CCN(CC(=O)Nc2nc3ccccc3s2)CC1. The number of thiazole rings is 1. The van der Waals surface area contributed by atoms with Gasteiger partial charge >= 0.3 is 0 Å². The number of para-hydroxylation sites is 3. The number of anilines is 2. The minimum atomic E-state index is -0.0118. The lowest BCUT2D eigenvalue weighted by Crippen LogP contribution is -2.48. The van der Waals surface area contributed by atoms with Gasteiger partial charge in [0.2, 0.25) is 5.91 Å². The molecule has 0 atom stereocenters. The summed E-state index contributed by atoms with van der Waals surface area (Å²) >= 11 is 1.51. The summed E-state index contributed by atoms with van der Waals surface area (Å²) in [6, 6.07) is 16.1. The van der Waals surface area contributed by atoms with E-state index in [0.717, 1.165) is 47.8 Å². The highest BCUT2D eigenvalue weighted by Gasteiger charge is 2.21. The highest BCUT2D eigenvalue weighted by atomic mass is 32.1. The number of carbonyl (C=O) groups is 1. The van der Waals surface area contributed by atoms with Gasteiger partial charge in [-0.15, -0.1) is 0 Å². The maximum Gasteiger partial charge on any atom is 0.240 e. The molecule has 3 aromatic rings. The van der Waals surface area contributed by atoms with Crippen molar-refractivity contribution in [1.29, 1.82) is 0 Å². The van der Waals surface area contributed by atoms with E-state index in [0.29, 0.717) is 18.3 Å². The number of aromatic nitrogens is 1. The molecule has 1 N–H and O–H groups in total. The van der Waals surface area contributed by atoms with E-state index < -0.39 is 0 Å². The third kappa shape index (κ3) is 4.26. The van der Waals surface area contributed by atoms with Crippen LogP contribution >= 0.6 is 11.3 Å². The molecule has 1 fully saturated rings. The van der Waals surface area contributed by atoms with Crippen LogP contribution in [0.25, 0.3) is 10.2 Å². The van der Waals surface area contributed by atoms with Gasteiger partial charge in [-0.3, -0.25) is 9.69 Å². The highest BCUT2D eigenvalue weighted by molar-refractivity contribution is 7.22. The lowest BCUT2D eigenvalue weighted by Gasteiger charge is -2.36. The van der Waals surface area contributed by atoms with Gasteiger partial charge in [0, 0.05) is 26.2 Å². The topological polar surface area (TPSA) is 57.7 Å². The number of amides is 1. The molecule has 1 saturated heterocycles. The first kappa shape index (κ1) is 18.7. The average molecular weight is 397 g/mol. The van der Waals surface area contributed by atoms with E-state index in [2.05, 4.69) is 26.2 Å². The third-order valence-electron chi connectivity index (χ3n) is 4.79. The summed E-state index contributed by atoms with van der Waals surface area (Å²) in [4.78, 5) is 21.4. The van der Waals surface area contributed by atoms with Crippen molar-refractivity contribution in [3.63, 3.8) is 0 Å². The molecule has 1 aliphatic rings. The van der Waals surface area contributed by atoms with Gasteiger partial charge in [0.15, 0.2) is 5.13 Å². The molecular formula is C21H24N4O2S. The molecule has 4 rings (SSSR count). The van der Waals surface area contributed by atoms with Crippen molar-refractivity contribution >= 4 is 38.3 Å². The van der Waals surface area contributed by atoms with Crippen LogP contribution in [0.2, 0.25) is 0 Å². The smallest absolute Gasteiger partial charge is 0.240 e. The predicted molar refractivity (Wildman–Crippen MR) is 115 cm³/mol. The van der Waals surface area contributed by atoms with Gasteiger partial charge < -0.3 is 15.0 Å². The van der Waals surface area contributed by atoms with Gasteiger partial charge in [0.05, 0.1) is 29.1 Å². The Balaban J connectivity index is 1.31. The Morgan fingerprint density at radius 3 is 2.64 bits per heavy atom. The number of nitrogens with zero attached hydrogens (tertiary/aromatic N) is 3. The standard InChI is InChI=1S/C21H24N4O2S/c1-2-27-18-9-5-4-8-17(18)25-13-11-24(12-14-25)15-20(26)23-21-22-16-7-3-6-10-19(16)28-21/h3-10H,2,11-15H2,1H3,(H,22,23,26). The second-order valence-corrected chi connectivity index (χ2v) is 7.73. The molecule has 0 bridgehead atoms. The predicted octanol–water partition coefficient (Wildman–Crippen LogP) is 3.46. The molecule has 1 amide bonds. The second kappa shape index (κ2) is 8.58. The van der Waals surface area contributed by atoms with Crippen LogP contribution in [0.3, 0.4) is 0 Å². The average Bonchev–Trinajstić information content (AvgIpc) is 3.11. The van der Waals surface area contributed by atoms with Gasteiger partial charge in [0.1, 0.15) is 5.75 Å². The van der Waals surface area contributed by atoms with Crippen LogP contribution in [0.15, 0.2) is 48.5 Å². The number of carbonyl (C=O) groups excluding carboxylic acids is 1. The van der Waals surface area contributed by atoms with Crippen molar-refractivity contribution < 1.29 is 9.53 Å². The van der Waals surface area contributed by atoms with E-state index in [1.165, 1.54) is 11.3 Å². The molecule has 2 aromatic carbocycles. The van der Waals surface area contributed by atoms with E-state index in [1.807, 2.05) is 49.4 Å². The Hall–Kier alpha value is -2.64. The minimum Gasteiger partial charge on any atom is -0.492 e. The van der Waals surface area contributed by atoms with Crippen molar-refractivity contribution in [2.45, 2.75) is 6.92 Å². The van der Waals surface area contributed by atoms with Crippen molar-refractivity contribution in [3.05, 3.63) is 48.5 Å². The molecular weight excluding hydrogens is 372 g/mol. The maximum absolute atomic E-state index is 12.4. The number of hydrogen-bond donors (Lipinski definition) is 1. The van der Waals surface area contributed by atoms with Crippen LogP contribution in [0.4, 0.5) is 10.8 Å². The minimum absolute atomic E-state index is 0.0118. The zero-order valence-electron chi connectivity index (χ0n) is 15.9. The first-order chi connectivity index (χ1) is 13.7. The summed E-state index contributed by atoms with van der Waals surface area (Å²) in [5.41, 5.74) is 2.05. The molecule has 28 heavy (non-hydrogen) atoms. The fraction of sp³-hybridized carbons (Fsp3) is 0.333. The molecule has 0 saturated carbocycles. The number of fused-ring (bicyclic) bond motifs is 1. The quantitative estimate of drug-likeness (QED) is 0.692. The molecule has 1 aliphatic heterocycles. The van der Waals surface area contributed by atoms with Crippen molar-refractivity contribution in [3.8, 4) is 5.75 Å². The van der Waals surface area contributed by atoms with Crippen LogP contribution < -0.4 is 15.0 Å². The Morgan fingerprint density at radius 1 is 1.11 bits per heavy atom. The van der Waals surface area contributed by atoms with Gasteiger partial charge in [-0.25, -0.2) is 4.98 Å². The fourth-order valence-corrected chi connectivity index (χ4v) is 4.31. The number of rotatable bonds is 6. The Kier molecular flexibility index (Phi) is 5.73. The van der Waals surface area contributed by atoms with E-state index >= 15 is 0 Å². The van der Waals surface area contributed by atoms with Crippen molar-refractivity contribution in [2.75, 3.05) is 49.5 Å². The van der Waals surface area contributed by atoms with Crippen LogP contribution in [0.5, 0.6) is 5.75 Å². The molecule has 0 radical (unpaired) electrons. The van der Waals surface area contributed by atoms with Gasteiger partial charge in [-0.05, 0) is 31.2 Å². The summed E-state index contributed by atoms with van der Waals surface area (Å²) in [7, 11) is 0. The van der Waals surface area contributed by atoms with Gasteiger partial charge in [0.25, 0.3) is 0 Å². The largest absolute Gasteiger partial charge is 0.492 e. The Bertz CT molecular complexity index is 917. The summed E-state index contributed by atoms with van der Waals surface area (Å²) < 4.78 is 6.83. The zero-order valence-corrected chi connectivity index (χ0v) is 16.7. The van der Waals surface area contributed by atoms with E-state index in [1.54, 1.807) is 0 Å². The van der Waals surface area contributed by atoms with Crippen LogP contribution in [0, 0.1) is 0 Å². The summed E-state index contributed by atoms with van der Waals surface area (Å²) in [6.07, 6.45) is 0. The molecule has 6 nitrogen and oxygen atoms in total. The number of ether oxygens (including phenoxy) is 1. The molecule has 146 valence electrons. The summed E-state index contributed by atoms with van der Waals surface area (Å²) in [5, 5.41) is 3.60. The normalized spacial score (nSPS) is 15.0. The Morgan fingerprint density at radius 2 is 1.86 bits per heavy atom. The summed E-state index contributed by atoms with van der Waals surface area (Å²) in [6.45, 7) is 6.47.